The average Bonchev–Trinajstić information content (AvgIpc) is 2.78. The van der Waals surface area contributed by atoms with E-state index in [1.165, 1.54) is 0 Å². The van der Waals surface area contributed by atoms with Gasteiger partial charge in [0, 0.05) is 25.7 Å². The Morgan fingerprint density at radius 1 is 1.20 bits per heavy atom. The molecule has 0 fully saturated rings. The summed E-state index contributed by atoms with van der Waals surface area (Å²) in [7, 11) is -1.36. The molecule has 1 N–H and O–H groups in total. The molecule has 0 aliphatic rings. The van der Waals surface area contributed by atoms with Gasteiger partial charge in [-0.1, -0.05) is 30.3 Å². The molecule has 25 heavy (non-hydrogen) atoms. The molecule has 1 aromatic heterocycles. The van der Waals surface area contributed by atoms with Crippen LogP contribution in [0.15, 0.2) is 30.3 Å². The molecule has 0 spiro atoms. The fourth-order valence-corrected chi connectivity index (χ4v) is 4.01. The molecule has 2 aromatic rings. The number of aryl methyl sites for hydroxylation is 2. The number of carbonyl (C=O) groups is 1. The number of rotatable bonds is 8. The molecule has 2 rings (SSSR count). The van der Waals surface area contributed by atoms with Crippen LogP contribution in [0, 0.1) is 13.8 Å². The van der Waals surface area contributed by atoms with E-state index in [0.717, 1.165) is 22.5 Å². The summed E-state index contributed by atoms with van der Waals surface area (Å²) < 4.78 is 26.0. The van der Waals surface area contributed by atoms with Crippen molar-refractivity contribution in [2.75, 3.05) is 12.3 Å². The molecular weight excluding hydrogens is 338 g/mol. The Morgan fingerprint density at radius 2 is 1.88 bits per heavy atom. The minimum atomic E-state index is -3.24. The molecule has 0 radical (unpaired) electrons. The Morgan fingerprint density at radius 3 is 2.48 bits per heavy atom. The van der Waals surface area contributed by atoms with E-state index in [-0.39, 0.29) is 24.0 Å². The first-order chi connectivity index (χ1) is 11.8. The summed E-state index contributed by atoms with van der Waals surface area (Å²) in [5.74, 6) is -0.200. The quantitative estimate of drug-likeness (QED) is 0.774. The number of nitrogens with one attached hydrogen (secondary N) is 1. The number of sulfone groups is 1. The molecule has 0 aliphatic carbocycles. The molecular formula is C18H25N3O3S. The van der Waals surface area contributed by atoms with E-state index in [2.05, 4.69) is 10.4 Å². The molecule has 0 bridgehead atoms. The van der Waals surface area contributed by atoms with E-state index in [0.29, 0.717) is 12.8 Å². The minimum absolute atomic E-state index is 0.00220. The maximum absolute atomic E-state index is 12.1. The smallest absolute Gasteiger partial charge is 0.220 e. The standard InChI is InChI=1S/C18H25N3O3S/c1-14-17(15(2)21(3)20-14)9-10-18(22)19-11-12-25(23,24)13-16-7-5-4-6-8-16/h4-8H,9-13H2,1-3H3,(H,19,22). The molecule has 0 aliphatic heterocycles. The zero-order chi connectivity index (χ0) is 18.4. The molecule has 1 aromatic carbocycles. The van der Waals surface area contributed by atoms with Gasteiger partial charge >= 0.3 is 0 Å². The first-order valence-electron chi connectivity index (χ1n) is 8.28. The van der Waals surface area contributed by atoms with Crippen molar-refractivity contribution in [2.24, 2.45) is 7.05 Å². The predicted molar refractivity (Wildman–Crippen MR) is 97.9 cm³/mol. The predicted octanol–water partition coefficient (Wildman–Crippen LogP) is 1.70. The van der Waals surface area contributed by atoms with E-state index in [4.69, 9.17) is 0 Å². The van der Waals surface area contributed by atoms with Crippen molar-refractivity contribution in [1.82, 2.24) is 15.1 Å². The summed E-state index contributed by atoms with van der Waals surface area (Å²) in [5.41, 5.74) is 3.82. The van der Waals surface area contributed by atoms with Crippen LogP contribution >= 0.6 is 0 Å². The Kier molecular flexibility index (Phi) is 6.36. The summed E-state index contributed by atoms with van der Waals surface area (Å²) in [6, 6.07) is 9.05. The summed E-state index contributed by atoms with van der Waals surface area (Å²) in [4.78, 5) is 12.0. The van der Waals surface area contributed by atoms with E-state index < -0.39 is 9.84 Å². The summed E-state index contributed by atoms with van der Waals surface area (Å²) >= 11 is 0. The van der Waals surface area contributed by atoms with Gasteiger partial charge in [0.1, 0.15) is 0 Å². The zero-order valence-corrected chi connectivity index (χ0v) is 15.8. The second-order valence-corrected chi connectivity index (χ2v) is 8.38. The second kappa shape index (κ2) is 8.29. The van der Waals surface area contributed by atoms with Gasteiger partial charge in [-0.2, -0.15) is 5.10 Å². The lowest BCUT2D eigenvalue weighted by Crippen LogP contribution is -2.29. The molecule has 7 heteroatoms. The third kappa shape index (κ3) is 5.70. The fourth-order valence-electron chi connectivity index (χ4n) is 2.75. The van der Waals surface area contributed by atoms with Crippen LogP contribution in [-0.2, 0) is 33.9 Å². The van der Waals surface area contributed by atoms with Crippen molar-refractivity contribution < 1.29 is 13.2 Å². The average molecular weight is 363 g/mol. The van der Waals surface area contributed by atoms with Crippen molar-refractivity contribution in [1.29, 1.82) is 0 Å². The van der Waals surface area contributed by atoms with Gasteiger partial charge < -0.3 is 5.32 Å². The number of hydrogen-bond donors (Lipinski definition) is 1. The van der Waals surface area contributed by atoms with Crippen molar-refractivity contribution in [3.05, 3.63) is 52.8 Å². The van der Waals surface area contributed by atoms with Crippen LogP contribution in [0.4, 0.5) is 0 Å². The highest BCUT2D eigenvalue weighted by molar-refractivity contribution is 7.90. The highest BCUT2D eigenvalue weighted by Crippen LogP contribution is 2.13. The monoisotopic (exact) mass is 363 g/mol. The Hall–Kier alpha value is -2.15. The van der Waals surface area contributed by atoms with E-state index in [1.807, 2.05) is 39.1 Å². The third-order valence-electron chi connectivity index (χ3n) is 4.23. The van der Waals surface area contributed by atoms with Crippen molar-refractivity contribution >= 4 is 15.7 Å². The summed E-state index contributed by atoms with van der Waals surface area (Å²) in [6.45, 7) is 4.04. The highest BCUT2D eigenvalue weighted by Gasteiger charge is 2.14. The zero-order valence-electron chi connectivity index (χ0n) is 14.9. The van der Waals surface area contributed by atoms with Gasteiger partial charge in [0.05, 0.1) is 17.2 Å². The second-order valence-electron chi connectivity index (χ2n) is 6.20. The molecule has 136 valence electrons. The summed E-state index contributed by atoms with van der Waals surface area (Å²) in [5, 5.41) is 7.02. The summed E-state index contributed by atoms with van der Waals surface area (Å²) in [6.07, 6.45) is 0.931. The van der Waals surface area contributed by atoms with E-state index in [1.54, 1.807) is 16.8 Å². The SMILES string of the molecule is Cc1nn(C)c(C)c1CCC(=O)NCCS(=O)(=O)Cc1ccccc1. The first-order valence-corrected chi connectivity index (χ1v) is 10.1. The molecule has 6 nitrogen and oxygen atoms in total. The fraction of sp³-hybridized carbons (Fsp3) is 0.444. The van der Waals surface area contributed by atoms with Crippen LogP contribution in [0.3, 0.4) is 0 Å². The normalized spacial score (nSPS) is 11.5. The van der Waals surface area contributed by atoms with Gasteiger partial charge in [-0.3, -0.25) is 9.48 Å². The van der Waals surface area contributed by atoms with Crippen LogP contribution in [0.25, 0.3) is 0 Å². The van der Waals surface area contributed by atoms with Crippen LogP contribution in [-0.4, -0.2) is 36.4 Å². The molecule has 0 saturated carbocycles. The van der Waals surface area contributed by atoms with E-state index in [9.17, 15) is 13.2 Å². The minimum Gasteiger partial charge on any atom is -0.355 e. The molecule has 1 heterocycles. The highest BCUT2D eigenvalue weighted by atomic mass is 32.2. The maximum Gasteiger partial charge on any atom is 0.220 e. The topological polar surface area (TPSA) is 81.1 Å². The molecule has 1 amide bonds. The van der Waals surface area contributed by atoms with E-state index >= 15 is 0 Å². The third-order valence-corrected chi connectivity index (χ3v) is 5.82. The van der Waals surface area contributed by atoms with Crippen LogP contribution < -0.4 is 5.32 Å². The lowest BCUT2D eigenvalue weighted by atomic mass is 10.1. The molecule has 0 atom stereocenters. The van der Waals surface area contributed by atoms with Gasteiger partial charge in [0.2, 0.25) is 5.91 Å². The molecule has 0 saturated heterocycles. The van der Waals surface area contributed by atoms with Crippen LogP contribution in [0.2, 0.25) is 0 Å². The van der Waals surface area contributed by atoms with Crippen molar-refractivity contribution in [3.8, 4) is 0 Å². The lowest BCUT2D eigenvalue weighted by Gasteiger charge is -2.07. The molecule has 0 unspecified atom stereocenters. The Bertz CT molecular complexity index is 827. The number of carbonyl (C=O) groups excluding carboxylic acids is 1. The Labute approximate surface area is 149 Å². The van der Waals surface area contributed by atoms with Gasteiger partial charge in [-0.05, 0) is 31.4 Å². The number of nitrogens with zero attached hydrogens (tertiary/aromatic N) is 2. The lowest BCUT2D eigenvalue weighted by molar-refractivity contribution is -0.120. The van der Waals surface area contributed by atoms with Gasteiger partial charge in [0.15, 0.2) is 9.84 Å². The Balaban J connectivity index is 1.76. The van der Waals surface area contributed by atoms with Gasteiger partial charge in [0.25, 0.3) is 0 Å². The maximum atomic E-state index is 12.1. The van der Waals surface area contributed by atoms with Gasteiger partial charge in [-0.15, -0.1) is 0 Å². The van der Waals surface area contributed by atoms with Gasteiger partial charge in [-0.25, -0.2) is 8.42 Å². The number of aromatic nitrogens is 2. The van der Waals surface area contributed by atoms with Crippen molar-refractivity contribution in [3.63, 3.8) is 0 Å². The largest absolute Gasteiger partial charge is 0.355 e. The number of benzene rings is 1. The number of hydrogen-bond acceptors (Lipinski definition) is 4. The number of amides is 1. The van der Waals surface area contributed by atoms with Crippen molar-refractivity contribution in [2.45, 2.75) is 32.4 Å². The van der Waals surface area contributed by atoms with Crippen LogP contribution in [0.1, 0.15) is 28.9 Å². The van der Waals surface area contributed by atoms with Crippen LogP contribution in [0.5, 0.6) is 0 Å². The first kappa shape index (κ1) is 19.2.